The Morgan fingerprint density at radius 3 is 2.65 bits per heavy atom. The second kappa shape index (κ2) is 8.48. The predicted octanol–water partition coefficient (Wildman–Crippen LogP) is 4.74. The van der Waals surface area contributed by atoms with Crippen LogP contribution in [0.1, 0.15) is 12.5 Å². The zero-order valence-electron chi connectivity index (χ0n) is 12.6. The van der Waals surface area contributed by atoms with E-state index in [-0.39, 0.29) is 16.8 Å². The van der Waals surface area contributed by atoms with Gasteiger partial charge in [0.25, 0.3) is 0 Å². The summed E-state index contributed by atoms with van der Waals surface area (Å²) >= 11 is 1.44. The Hall–Kier alpha value is -2.14. The van der Waals surface area contributed by atoms with Crippen molar-refractivity contribution >= 4 is 29.4 Å². The zero-order chi connectivity index (χ0) is 16.7. The van der Waals surface area contributed by atoms with Gasteiger partial charge in [-0.3, -0.25) is 4.79 Å². The molecule has 1 amide bonds. The first-order valence-corrected chi connectivity index (χ1v) is 8.20. The Bertz CT molecular complexity index is 689. The van der Waals surface area contributed by atoms with Gasteiger partial charge in [-0.25, -0.2) is 8.78 Å². The van der Waals surface area contributed by atoms with Crippen LogP contribution in [0.15, 0.2) is 54.6 Å². The van der Waals surface area contributed by atoms with E-state index in [9.17, 15) is 13.6 Å². The highest BCUT2D eigenvalue weighted by Crippen LogP contribution is 2.18. The summed E-state index contributed by atoms with van der Waals surface area (Å²) in [7, 11) is 0. The third-order valence-electron chi connectivity index (χ3n) is 3.11. The average Bonchev–Trinajstić information content (AvgIpc) is 2.55. The quantitative estimate of drug-likeness (QED) is 0.827. The number of carbonyl (C=O) groups excluding carboxylic acids is 1. The maximum Gasteiger partial charge on any atom is 0.237 e. The smallest absolute Gasteiger partial charge is 0.237 e. The minimum Gasteiger partial charge on any atom is -0.323 e. The molecule has 0 aliphatic heterocycles. The summed E-state index contributed by atoms with van der Waals surface area (Å²) in [6.07, 6.45) is 3.96. The fourth-order valence-corrected chi connectivity index (χ4v) is 2.56. The van der Waals surface area contributed by atoms with Crippen LogP contribution >= 0.6 is 11.8 Å². The molecule has 0 aliphatic rings. The van der Waals surface area contributed by atoms with Crippen LogP contribution in [0.3, 0.4) is 0 Å². The van der Waals surface area contributed by atoms with Crippen molar-refractivity contribution in [3.05, 3.63) is 71.8 Å². The fraction of sp³-hybridized carbons (Fsp3) is 0.167. The monoisotopic (exact) mass is 333 g/mol. The van der Waals surface area contributed by atoms with Gasteiger partial charge in [0.2, 0.25) is 5.91 Å². The molecule has 5 heteroatoms. The molecule has 0 heterocycles. The summed E-state index contributed by atoms with van der Waals surface area (Å²) in [6.45, 7) is 1.75. The molecule has 2 rings (SSSR count). The Morgan fingerprint density at radius 1 is 1.22 bits per heavy atom. The van der Waals surface area contributed by atoms with Crippen molar-refractivity contribution in [3.8, 4) is 0 Å². The number of hydrogen-bond acceptors (Lipinski definition) is 2. The number of rotatable bonds is 6. The van der Waals surface area contributed by atoms with E-state index in [1.807, 2.05) is 42.5 Å². The number of carbonyl (C=O) groups is 1. The fourth-order valence-electron chi connectivity index (χ4n) is 1.85. The van der Waals surface area contributed by atoms with Gasteiger partial charge >= 0.3 is 0 Å². The van der Waals surface area contributed by atoms with Gasteiger partial charge in [-0.2, -0.15) is 0 Å². The molecular formula is C18H17F2NOS. The van der Waals surface area contributed by atoms with Gasteiger partial charge < -0.3 is 5.32 Å². The number of halogens is 2. The molecule has 0 bridgehead atoms. The van der Waals surface area contributed by atoms with Crippen LogP contribution in [-0.4, -0.2) is 16.9 Å². The van der Waals surface area contributed by atoms with Crippen LogP contribution in [0.5, 0.6) is 0 Å². The van der Waals surface area contributed by atoms with Gasteiger partial charge in [0.15, 0.2) is 0 Å². The number of amides is 1. The molecule has 0 saturated heterocycles. The highest BCUT2D eigenvalue weighted by Gasteiger charge is 2.14. The SMILES string of the molecule is C[C@@H](SC/C=C/c1ccccc1)C(=O)Nc1ccc(F)cc1F. The molecule has 2 nitrogen and oxygen atoms in total. The Morgan fingerprint density at radius 2 is 1.96 bits per heavy atom. The van der Waals surface area contributed by atoms with Gasteiger partial charge in [0, 0.05) is 11.8 Å². The van der Waals surface area contributed by atoms with Crippen molar-refractivity contribution < 1.29 is 13.6 Å². The molecular weight excluding hydrogens is 316 g/mol. The van der Waals surface area contributed by atoms with Gasteiger partial charge in [-0.1, -0.05) is 42.5 Å². The maximum atomic E-state index is 13.5. The van der Waals surface area contributed by atoms with Gasteiger partial charge in [-0.05, 0) is 24.6 Å². The lowest BCUT2D eigenvalue weighted by Gasteiger charge is -2.11. The lowest BCUT2D eigenvalue weighted by molar-refractivity contribution is -0.115. The molecule has 0 aliphatic carbocycles. The second-order valence-electron chi connectivity index (χ2n) is 4.90. The molecule has 0 fully saturated rings. The lowest BCUT2D eigenvalue weighted by Crippen LogP contribution is -2.23. The average molecular weight is 333 g/mol. The van der Waals surface area contributed by atoms with E-state index in [4.69, 9.17) is 0 Å². The van der Waals surface area contributed by atoms with Crippen LogP contribution < -0.4 is 5.32 Å². The summed E-state index contributed by atoms with van der Waals surface area (Å²) in [4.78, 5) is 12.0. The van der Waals surface area contributed by atoms with E-state index in [0.717, 1.165) is 17.7 Å². The Balaban J connectivity index is 1.82. The molecule has 120 valence electrons. The summed E-state index contributed by atoms with van der Waals surface area (Å²) in [6, 6.07) is 12.9. The van der Waals surface area contributed by atoms with Gasteiger partial charge in [-0.15, -0.1) is 11.8 Å². The molecule has 23 heavy (non-hydrogen) atoms. The van der Waals surface area contributed by atoms with E-state index in [2.05, 4.69) is 5.32 Å². The highest BCUT2D eigenvalue weighted by atomic mass is 32.2. The van der Waals surface area contributed by atoms with Crippen LogP contribution in [0.25, 0.3) is 6.08 Å². The largest absolute Gasteiger partial charge is 0.323 e. The first kappa shape index (κ1) is 17.2. The van der Waals surface area contributed by atoms with Crippen molar-refractivity contribution in [2.24, 2.45) is 0 Å². The third kappa shape index (κ3) is 5.53. The van der Waals surface area contributed by atoms with Crippen molar-refractivity contribution in [1.29, 1.82) is 0 Å². The van der Waals surface area contributed by atoms with Crippen molar-refractivity contribution in [1.82, 2.24) is 0 Å². The molecule has 0 saturated carbocycles. The van der Waals surface area contributed by atoms with E-state index in [1.54, 1.807) is 6.92 Å². The van der Waals surface area contributed by atoms with Crippen LogP contribution in [-0.2, 0) is 4.79 Å². The summed E-state index contributed by atoms with van der Waals surface area (Å²) in [5.41, 5.74) is 1.09. The van der Waals surface area contributed by atoms with Crippen molar-refractivity contribution in [3.63, 3.8) is 0 Å². The van der Waals surface area contributed by atoms with Crippen molar-refractivity contribution in [2.75, 3.05) is 11.1 Å². The minimum atomic E-state index is -0.778. The minimum absolute atomic E-state index is 0.0105. The standard InChI is InChI=1S/C18H17F2NOS/c1-13(23-11-5-8-14-6-3-2-4-7-14)18(22)21-17-10-9-15(19)12-16(17)20/h2-10,12-13H,11H2,1H3,(H,21,22)/b8-5+/t13-/m1/s1. The highest BCUT2D eigenvalue weighted by molar-refractivity contribution is 8.00. The number of hydrogen-bond donors (Lipinski definition) is 1. The summed E-state index contributed by atoms with van der Waals surface area (Å²) < 4.78 is 26.3. The number of nitrogens with one attached hydrogen (secondary N) is 1. The van der Waals surface area contributed by atoms with E-state index in [0.29, 0.717) is 5.75 Å². The van der Waals surface area contributed by atoms with Crippen LogP contribution in [0, 0.1) is 11.6 Å². The molecule has 0 aromatic heterocycles. The third-order valence-corrected chi connectivity index (χ3v) is 4.21. The molecule has 0 radical (unpaired) electrons. The summed E-state index contributed by atoms with van der Waals surface area (Å²) in [5.74, 6) is -1.10. The molecule has 0 spiro atoms. The van der Waals surface area contributed by atoms with Crippen LogP contribution in [0.4, 0.5) is 14.5 Å². The van der Waals surface area contributed by atoms with Gasteiger partial charge in [0.05, 0.1) is 10.9 Å². The number of benzene rings is 2. The van der Waals surface area contributed by atoms with Gasteiger partial charge in [0.1, 0.15) is 11.6 Å². The lowest BCUT2D eigenvalue weighted by atomic mass is 10.2. The molecule has 2 aromatic rings. The van der Waals surface area contributed by atoms with E-state index >= 15 is 0 Å². The zero-order valence-corrected chi connectivity index (χ0v) is 13.4. The van der Waals surface area contributed by atoms with E-state index < -0.39 is 11.6 Å². The second-order valence-corrected chi connectivity index (χ2v) is 6.28. The van der Waals surface area contributed by atoms with E-state index in [1.165, 1.54) is 17.8 Å². The molecule has 0 unspecified atom stereocenters. The maximum absolute atomic E-state index is 13.5. The molecule has 1 N–H and O–H groups in total. The first-order valence-electron chi connectivity index (χ1n) is 7.15. The number of anilines is 1. The molecule has 2 aromatic carbocycles. The van der Waals surface area contributed by atoms with Crippen LogP contribution in [0.2, 0.25) is 0 Å². The molecule has 1 atom stereocenters. The predicted molar refractivity (Wildman–Crippen MR) is 92.4 cm³/mol. The number of thioether (sulfide) groups is 1. The topological polar surface area (TPSA) is 29.1 Å². The Kier molecular flexibility index (Phi) is 6.35. The normalized spacial score (nSPS) is 12.3. The van der Waals surface area contributed by atoms with Crippen molar-refractivity contribution in [2.45, 2.75) is 12.2 Å². The first-order chi connectivity index (χ1) is 11.1. The Labute approximate surface area is 138 Å². The summed E-state index contributed by atoms with van der Waals surface area (Å²) in [5, 5.41) is 2.12.